The van der Waals surface area contributed by atoms with E-state index in [1.54, 1.807) is 30.3 Å². The normalized spacial score (nSPS) is 10.9. The van der Waals surface area contributed by atoms with Gasteiger partial charge in [0.2, 0.25) is 0 Å². The zero-order chi connectivity index (χ0) is 22.6. The number of alkyl halides is 3. The molecule has 0 saturated carbocycles. The third-order valence-electron chi connectivity index (χ3n) is 4.07. The van der Waals surface area contributed by atoms with E-state index in [0.717, 1.165) is 7.11 Å². The summed E-state index contributed by atoms with van der Waals surface area (Å²) in [5, 5.41) is 9.27. The average Bonchev–Trinajstić information content (AvgIpc) is 3.08. The highest BCUT2D eigenvalue weighted by Crippen LogP contribution is 2.33. The molecule has 0 aliphatic rings. The summed E-state index contributed by atoms with van der Waals surface area (Å²) in [4.78, 5) is 12.2. The lowest BCUT2D eigenvalue weighted by atomic mass is 10.2. The Morgan fingerprint density at radius 2 is 1.81 bits per heavy atom. The number of rotatable bonds is 6. The number of methoxy groups -OCH3 is 1. The monoisotopic (exact) mass is 431 g/mol. The molecule has 1 heterocycles. The third-order valence-corrected chi connectivity index (χ3v) is 4.07. The molecule has 3 aromatic rings. The number of nitrogens with zero attached hydrogens (tertiary/aromatic N) is 2. The highest BCUT2D eigenvalue weighted by atomic mass is 19.4. The summed E-state index contributed by atoms with van der Waals surface area (Å²) in [6, 6.07) is 14.4. The largest absolute Gasteiger partial charge is 0.484 e. The maximum absolute atomic E-state index is 12.7. The summed E-state index contributed by atoms with van der Waals surface area (Å²) in [5.41, 5.74) is 5.78. The molecule has 0 saturated heterocycles. The van der Waals surface area contributed by atoms with Crippen molar-refractivity contribution in [1.82, 2.24) is 4.57 Å². The van der Waals surface area contributed by atoms with Gasteiger partial charge in [-0.25, -0.2) is 4.79 Å². The molecule has 0 fully saturated rings. The van der Waals surface area contributed by atoms with Crippen LogP contribution >= 0.6 is 0 Å². The number of carbonyl (C=O) groups is 1. The molecule has 0 aliphatic carbocycles. The van der Waals surface area contributed by atoms with Crippen molar-refractivity contribution in [3.8, 4) is 29.0 Å². The molecule has 2 N–H and O–H groups in total. The number of hydrogen-bond donors (Lipinski definition) is 1. The fourth-order valence-electron chi connectivity index (χ4n) is 2.75. The quantitative estimate of drug-likeness (QED) is 0.579. The molecule has 1 aromatic heterocycles. The number of nitrogens with two attached hydrogens (primary N) is 1. The number of aromatic nitrogens is 1. The summed E-state index contributed by atoms with van der Waals surface area (Å²) < 4.78 is 54.5. The molecule has 31 heavy (non-hydrogen) atoms. The van der Waals surface area contributed by atoms with Crippen LogP contribution in [-0.2, 0) is 4.74 Å². The highest BCUT2D eigenvalue weighted by molar-refractivity contribution is 5.96. The SMILES string of the molecule is COC(=O)c1c(N)c(C#N)cn1-c1cc(OCC(F)(F)F)cc(Oc2ccccc2)c1. The Bertz CT molecular complexity index is 1140. The number of esters is 1. The van der Waals surface area contributed by atoms with E-state index < -0.39 is 18.8 Å². The lowest BCUT2D eigenvalue weighted by Gasteiger charge is -2.15. The Morgan fingerprint density at radius 1 is 1.13 bits per heavy atom. The number of hydrogen-bond acceptors (Lipinski definition) is 6. The summed E-state index contributed by atoms with van der Waals surface area (Å²) in [6.07, 6.45) is -3.28. The highest BCUT2D eigenvalue weighted by Gasteiger charge is 2.29. The maximum atomic E-state index is 12.7. The Kier molecular flexibility index (Phi) is 6.06. The van der Waals surface area contributed by atoms with Gasteiger partial charge < -0.3 is 24.5 Å². The summed E-state index contributed by atoms with van der Waals surface area (Å²) in [6.45, 7) is -1.53. The number of benzene rings is 2. The molecule has 3 rings (SSSR count). The first-order chi connectivity index (χ1) is 14.7. The second kappa shape index (κ2) is 8.71. The van der Waals surface area contributed by atoms with E-state index in [0.29, 0.717) is 5.75 Å². The molecule has 0 atom stereocenters. The van der Waals surface area contributed by atoms with Crippen LogP contribution < -0.4 is 15.2 Å². The van der Waals surface area contributed by atoms with Gasteiger partial charge in [0.15, 0.2) is 12.3 Å². The van der Waals surface area contributed by atoms with Gasteiger partial charge in [0.05, 0.1) is 24.0 Å². The Morgan fingerprint density at radius 3 is 2.42 bits per heavy atom. The topological polar surface area (TPSA) is 99.5 Å². The maximum Gasteiger partial charge on any atom is 0.422 e. The number of carbonyl (C=O) groups excluding carboxylic acids is 1. The standard InChI is InChI=1S/C21H16F3N3O4/c1-29-20(28)19-18(26)13(10-25)11-27(19)14-7-16(30-12-21(22,23)24)9-17(8-14)31-15-5-3-2-4-6-15/h2-9,11H,12,26H2,1H3. The first-order valence-corrected chi connectivity index (χ1v) is 8.79. The predicted molar refractivity (Wildman–Crippen MR) is 104 cm³/mol. The first-order valence-electron chi connectivity index (χ1n) is 8.79. The Hall–Kier alpha value is -4.13. The van der Waals surface area contributed by atoms with Crippen LogP contribution in [0.1, 0.15) is 16.1 Å². The van der Waals surface area contributed by atoms with E-state index in [2.05, 4.69) is 0 Å². The van der Waals surface area contributed by atoms with Crippen LogP contribution in [0.3, 0.4) is 0 Å². The van der Waals surface area contributed by atoms with Crippen molar-refractivity contribution in [2.45, 2.75) is 6.18 Å². The van der Waals surface area contributed by atoms with Crippen molar-refractivity contribution in [1.29, 1.82) is 5.26 Å². The van der Waals surface area contributed by atoms with Gasteiger partial charge in [-0.3, -0.25) is 0 Å². The molecule has 0 aliphatic heterocycles. The van der Waals surface area contributed by atoms with Gasteiger partial charge in [-0.05, 0) is 12.1 Å². The second-order valence-corrected chi connectivity index (χ2v) is 6.26. The molecular formula is C21H16F3N3O4. The molecule has 7 nitrogen and oxygen atoms in total. The minimum atomic E-state index is -4.56. The number of halogens is 3. The van der Waals surface area contributed by atoms with Gasteiger partial charge in [0.25, 0.3) is 0 Å². The van der Waals surface area contributed by atoms with Crippen LogP contribution in [0, 0.1) is 11.3 Å². The van der Waals surface area contributed by atoms with E-state index in [-0.39, 0.29) is 34.1 Å². The molecule has 0 radical (unpaired) electrons. The zero-order valence-corrected chi connectivity index (χ0v) is 16.1. The van der Waals surface area contributed by atoms with Gasteiger partial charge in [0.1, 0.15) is 23.3 Å². The van der Waals surface area contributed by atoms with Gasteiger partial charge in [-0.15, -0.1) is 0 Å². The molecule has 0 spiro atoms. The molecule has 160 valence electrons. The van der Waals surface area contributed by atoms with Gasteiger partial charge in [0, 0.05) is 24.4 Å². The number of nitrogen functional groups attached to an aromatic ring is 1. The average molecular weight is 431 g/mol. The Labute approximate surface area is 175 Å². The first kappa shape index (κ1) is 21.6. The molecule has 0 unspecified atom stereocenters. The van der Waals surface area contributed by atoms with Crippen molar-refractivity contribution in [3.63, 3.8) is 0 Å². The van der Waals surface area contributed by atoms with E-state index in [4.69, 9.17) is 19.9 Å². The second-order valence-electron chi connectivity index (χ2n) is 6.26. The van der Waals surface area contributed by atoms with Crippen LogP contribution in [-0.4, -0.2) is 30.4 Å². The minimum Gasteiger partial charge on any atom is -0.484 e. The Balaban J connectivity index is 2.12. The van der Waals surface area contributed by atoms with Crippen molar-refractivity contribution >= 4 is 11.7 Å². The van der Waals surface area contributed by atoms with Crippen molar-refractivity contribution < 1.29 is 32.2 Å². The summed E-state index contributed by atoms with van der Waals surface area (Å²) in [5.74, 6) is -0.421. The fraction of sp³-hybridized carbons (Fsp3) is 0.143. The van der Waals surface area contributed by atoms with Crippen LogP contribution in [0.15, 0.2) is 54.7 Å². The molecular weight excluding hydrogens is 415 g/mol. The van der Waals surface area contributed by atoms with E-state index >= 15 is 0 Å². The number of anilines is 1. The van der Waals surface area contributed by atoms with Crippen LogP contribution in [0.4, 0.5) is 18.9 Å². The zero-order valence-electron chi connectivity index (χ0n) is 16.1. The molecule has 2 aromatic carbocycles. The van der Waals surface area contributed by atoms with Crippen LogP contribution in [0.5, 0.6) is 17.2 Å². The number of ether oxygens (including phenoxy) is 3. The van der Waals surface area contributed by atoms with E-state index in [1.165, 1.54) is 29.0 Å². The van der Waals surface area contributed by atoms with Gasteiger partial charge in [-0.2, -0.15) is 18.4 Å². The lowest BCUT2D eigenvalue weighted by molar-refractivity contribution is -0.153. The minimum absolute atomic E-state index is 0.00691. The lowest BCUT2D eigenvalue weighted by Crippen LogP contribution is -2.19. The smallest absolute Gasteiger partial charge is 0.422 e. The summed E-state index contributed by atoms with van der Waals surface area (Å²) in [7, 11) is 1.14. The van der Waals surface area contributed by atoms with Gasteiger partial charge in [-0.1, -0.05) is 18.2 Å². The molecule has 0 bridgehead atoms. The van der Waals surface area contributed by atoms with Crippen LogP contribution in [0.2, 0.25) is 0 Å². The molecule has 10 heteroatoms. The van der Waals surface area contributed by atoms with E-state index in [9.17, 15) is 23.2 Å². The number of nitriles is 1. The fourth-order valence-corrected chi connectivity index (χ4v) is 2.75. The van der Waals surface area contributed by atoms with Crippen molar-refractivity contribution in [2.24, 2.45) is 0 Å². The van der Waals surface area contributed by atoms with Gasteiger partial charge >= 0.3 is 12.1 Å². The van der Waals surface area contributed by atoms with Crippen molar-refractivity contribution in [3.05, 3.63) is 66.0 Å². The predicted octanol–water partition coefficient (Wildman–Crippen LogP) is 4.45. The third kappa shape index (κ3) is 5.08. The van der Waals surface area contributed by atoms with Crippen LogP contribution in [0.25, 0.3) is 5.69 Å². The van der Waals surface area contributed by atoms with Crippen molar-refractivity contribution in [2.75, 3.05) is 19.5 Å². The van der Waals surface area contributed by atoms with E-state index in [1.807, 2.05) is 6.07 Å². The summed E-state index contributed by atoms with van der Waals surface area (Å²) >= 11 is 0. The number of para-hydroxylation sites is 1. The molecule has 0 amide bonds.